The summed E-state index contributed by atoms with van der Waals surface area (Å²) in [4.78, 5) is 0. The molecule has 1 N–H and O–H groups in total. The molecule has 15 heavy (non-hydrogen) atoms. The predicted molar refractivity (Wildman–Crippen MR) is 70.8 cm³/mol. The number of piperidine rings is 1. The third-order valence-electron chi connectivity index (χ3n) is 2.60. The van der Waals surface area contributed by atoms with E-state index in [0.717, 1.165) is 12.8 Å². The molecular weight excluding hydrogens is 254 g/mol. The first-order valence-electron chi connectivity index (χ1n) is 5.36. The number of rotatable bonds is 3. The Morgan fingerprint density at radius 1 is 1.27 bits per heavy atom. The lowest BCUT2D eigenvalue weighted by Crippen LogP contribution is -2.59. The van der Waals surface area contributed by atoms with E-state index in [2.05, 4.69) is 39.6 Å². The van der Waals surface area contributed by atoms with Crippen molar-refractivity contribution in [3.63, 3.8) is 0 Å². The van der Waals surface area contributed by atoms with Crippen LogP contribution in [0.15, 0.2) is 12.7 Å². The topological polar surface area (TPSA) is 21.3 Å². The van der Waals surface area contributed by atoms with Crippen molar-refractivity contribution in [2.45, 2.75) is 57.7 Å². The minimum atomic E-state index is 0. The van der Waals surface area contributed by atoms with Crippen LogP contribution in [-0.2, 0) is 4.74 Å². The van der Waals surface area contributed by atoms with Crippen molar-refractivity contribution in [1.82, 2.24) is 5.32 Å². The Morgan fingerprint density at radius 3 is 2.13 bits per heavy atom. The van der Waals surface area contributed by atoms with Crippen molar-refractivity contribution in [2.24, 2.45) is 0 Å². The van der Waals surface area contributed by atoms with Crippen LogP contribution >= 0.6 is 17.0 Å². The highest BCUT2D eigenvalue weighted by Crippen LogP contribution is 2.30. The lowest BCUT2D eigenvalue weighted by Gasteiger charge is -2.46. The van der Waals surface area contributed by atoms with Gasteiger partial charge in [-0.05, 0) is 40.5 Å². The van der Waals surface area contributed by atoms with E-state index in [1.54, 1.807) is 0 Å². The molecule has 1 aliphatic rings. The van der Waals surface area contributed by atoms with Crippen molar-refractivity contribution < 1.29 is 4.74 Å². The van der Waals surface area contributed by atoms with Crippen LogP contribution in [0.2, 0.25) is 0 Å². The van der Waals surface area contributed by atoms with E-state index < -0.39 is 0 Å². The molecule has 0 radical (unpaired) electrons. The Bertz CT molecular complexity index is 198. The molecule has 3 heteroatoms. The summed E-state index contributed by atoms with van der Waals surface area (Å²) in [6.07, 6.45) is 4.33. The minimum absolute atomic E-state index is 0. The largest absolute Gasteiger partial charge is 0.374 e. The van der Waals surface area contributed by atoms with Gasteiger partial charge in [-0.15, -0.1) is 23.6 Å². The van der Waals surface area contributed by atoms with E-state index in [1.807, 2.05) is 6.08 Å². The molecular formula is C12H24BrNO. The van der Waals surface area contributed by atoms with Gasteiger partial charge in [0.25, 0.3) is 0 Å². The zero-order valence-corrected chi connectivity index (χ0v) is 12.0. The SMILES string of the molecule is Br.C=CCOC1CC(C)(C)NC(C)(C)C1. The summed E-state index contributed by atoms with van der Waals surface area (Å²) in [5.41, 5.74) is 0.348. The summed E-state index contributed by atoms with van der Waals surface area (Å²) in [6, 6.07) is 0. The summed E-state index contributed by atoms with van der Waals surface area (Å²) < 4.78 is 5.75. The van der Waals surface area contributed by atoms with Gasteiger partial charge in [-0.2, -0.15) is 0 Å². The van der Waals surface area contributed by atoms with Gasteiger partial charge in [0.2, 0.25) is 0 Å². The summed E-state index contributed by atoms with van der Waals surface area (Å²) in [5, 5.41) is 3.63. The van der Waals surface area contributed by atoms with Gasteiger partial charge in [0, 0.05) is 11.1 Å². The molecule has 0 unspecified atom stereocenters. The minimum Gasteiger partial charge on any atom is -0.374 e. The number of nitrogens with one attached hydrogen (secondary N) is 1. The number of halogens is 1. The van der Waals surface area contributed by atoms with Gasteiger partial charge in [0.1, 0.15) is 0 Å². The van der Waals surface area contributed by atoms with Crippen LogP contribution in [0.25, 0.3) is 0 Å². The van der Waals surface area contributed by atoms with Crippen LogP contribution in [-0.4, -0.2) is 23.8 Å². The summed E-state index contributed by atoms with van der Waals surface area (Å²) >= 11 is 0. The molecule has 1 saturated heterocycles. The van der Waals surface area contributed by atoms with Gasteiger partial charge >= 0.3 is 0 Å². The summed E-state index contributed by atoms with van der Waals surface area (Å²) in [7, 11) is 0. The highest BCUT2D eigenvalue weighted by molar-refractivity contribution is 8.93. The highest BCUT2D eigenvalue weighted by Gasteiger charge is 2.37. The predicted octanol–water partition coefficient (Wildman–Crippen LogP) is 3.08. The van der Waals surface area contributed by atoms with Crippen molar-refractivity contribution >= 4 is 17.0 Å². The number of hydrogen-bond donors (Lipinski definition) is 1. The maximum Gasteiger partial charge on any atom is 0.0648 e. The van der Waals surface area contributed by atoms with Gasteiger partial charge in [0.15, 0.2) is 0 Å². The maximum atomic E-state index is 5.75. The summed E-state index contributed by atoms with van der Waals surface area (Å²) in [5.74, 6) is 0. The molecule has 0 aromatic heterocycles. The fourth-order valence-electron chi connectivity index (χ4n) is 2.55. The van der Waals surface area contributed by atoms with Crippen LogP contribution in [0.3, 0.4) is 0 Å². The molecule has 1 fully saturated rings. The van der Waals surface area contributed by atoms with Gasteiger partial charge in [-0.25, -0.2) is 0 Å². The zero-order valence-electron chi connectivity index (χ0n) is 10.3. The smallest absolute Gasteiger partial charge is 0.0648 e. The molecule has 0 bridgehead atoms. The quantitative estimate of drug-likeness (QED) is 0.801. The van der Waals surface area contributed by atoms with E-state index in [4.69, 9.17) is 4.74 Å². The first-order chi connectivity index (χ1) is 6.35. The molecule has 1 rings (SSSR count). The maximum absolute atomic E-state index is 5.75. The Hall–Kier alpha value is 0.140. The third kappa shape index (κ3) is 5.14. The van der Waals surface area contributed by atoms with Crippen LogP contribution in [0, 0.1) is 0 Å². The molecule has 0 saturated carbocycles. The zero-order chi connectivity index (χ0) is 10.8. The lowest BCUT2D eigenvalue weighted by atomic mass is 9.81. The van der Waals surface area contributed by atoms with Gasteiger partial charge < -0.3 is 10.1 Å². The van der Waals surface area contributed by atoms with Crippen molar-refractivity contribution in [2.75, 3.05) is 6.61 Å². The Morgan fingerprint density at radius 2 is 1.73 bits per heavy atom. The van der Waals surface area contributed by atoms with E-state index in [-0.39, 0.29) is 28.1 Å². The normalized spacial score (nSPS) is 24.3. The standard InChI is InChI=1S/C12H23NO.BrH/c1-6-7-14-10-8-11(2,3)13-12(4,5)9-10;/h6,10,13H,1,7-9H2,2-5H3;1H. The first kappa shape index (κ1) is 15.1. The molecule has 1 heterocycles. The molecule has 2 nitrogen and oxygen atoms in total. The molecule has 0 spiro atoms. The van der Waals surface area contributed by atoms with Gasteiger partial charge in [-0.3, -0.25) is 0 Å². The molecule has 0 amide bonds. The third-order valence-corrected chi connectivity index (χ3v) is 2.60. The average Bonchev–Trinajstić information content (AvgIpc) is 1.94. The van der Waals surface area contributed by atoms with Crippen LogP contribution in [0.1, 0.15) is 40.5 Å². The van der Waals surface area contributed by atoms with Crippen molar-refractivity contribution in [3.05, 3.63) is 12.7 Å². The molecule has 0 aromatic carbocycles. The molecule has 1 aliphatic heterocycles. The fraction of sp³-hybridized carbons (Fsp3) is 0.833. The Kier molecular flexibility index (Phi) is 5.51. The van der Waals surface area contributed by atoms with Crippen molar-refractivity contribution in [1.29, 1.82) is 0 Å². The monoisotopic (exact) mass is 277 g/mol. The van der Waals surface area contributed by atoms with E-state index >= 15 is 0 Å². The van der Waals surface area contributed by atoms with E-state index in [0.29, 0.717) is 12.7 Å². The summed E-state index contributed by atoms with van der Waals surface area (Å²) in [6.45, 7) is 13.3. The van der Waals surface area contributed by atoms with Crippen molar-refractivity contribution in [3.8, 4) is 0 Å². The molecule has 0 aliphatic carbocycles. The second kappa shape index (κ2) is 5.46. The Balaban J connectivity index is 0.00000196. The van der Waals surface area contributed by atoms with Gasteiger partial charge in [-0.1, -0.05) is 6.08 Å². The van der Waals surface area contributed by atoms with Gasteiger partial charge in [0.05, 0.1) is 12.7 Å². The molecule has 0 aromatic rings. The second-order valence-electron chi connectivity index (χ2n) is 5.55. The first-order valence-corrected chi connectivity index (χ1v) is 5.36. The van der Waals surface area contributed by atoms with Crippen LogP contribution < -0.4 is 5.32 Å². The molecule has 0 atom stereocenters. The second-order valence-corrected chi connectivity index (χ2v) is 5.55. The fourth-order valence-corrected chi connectivity index (χ4v) is 2.55. The van der Waals surface area contributed by atoms with Crippen LogP contribution in [0.4, 0.5) is 0 Å². The van der Waals surface area contributed by atoms with E-state index in [1.165, 1.54) is 0 Å². The highest BCUT2D eigenvalue weighted by atomic mass is 79.9. The number of hydrogen-bond acceptors (Lipinski definition) is 2. The van der Waals surface area contributed by atoms with Crippen LogP contribution in [0.5, 0.6) is 0 Å². The lowest BCUT2D eigenvalue weighted by molar-refractivity contribution is -0.00965. The number of ether oxygens (including phenoxy) is 1. The Labute approximate surface area is 104 Å². The average molecular weight is 278 g/mol. The van der Waals surface area contributed by atoms with E-state index in [9.17, 15) is 0 Å². The molecule has 90 valence electrons.